The fraction of sp³-hybridized carbons (Fsp3) is 0.429. The monoisotopic (exact) mass is 409 g/mol. The first-order valence-corrected chi connectivity index (χ1v) is 10.3. The van der Waals surface area contributed by atoms with E-state index < -0.39 is 0 Å². The van der Waals surface area contributed by atoms with Gasteiger partial charge in [-0.3, -0.25) is 4.90 Å². The number of carbonyl (C=O) groups excluding carboxylic acids is 1. The van der Waals surface area contributed by atoms with E-state index in [1.807, 2.05) is 46.9 Å². The number of nitrogens with zero attached hydrogens (tertiary/aromatic N) is 6. The first-order valence-electron chi connectivity index (χ1n) is 10.3. The molecule has 2 amide bonds. The van der Waals surface area contributed by atoms with Crippen molar-refractivity contribution in [3.8, 4) is 11.4 Å². The maximum absolute atomic E-state index is 12.3. The third kappa shape index (κ3) is 5.24. The zero-order valence-electron chi connectivity index (χ0n) is 17.2. The van der Waals surface area contributed by atoms with Crippen molar-refractivity contribution < 1.29 is 9.32 Å². The van der Waals surface area contributed by atoms with Crippen LogP contribution in [0.3, 0.4) is 0 Å². The van der Waals surface area contributed by atoms with Crippen LogP contribution < -0.4 is 5.32 Å². The van der Waals surface area contributed by atoms with E-state index in [0.29, 0.717) is 37.9 Å². The van der Waals surface area contributed by atoms with Gasteiger partial charge in [-0.2, -0.15) is 4.98 Å². The largest absolute Gasteiger partial charge is 0.338 e. The van der Waals surface area contributed by atoms with Gasteiger partial charge in [-0.25, -0.2) is 9.78 Å². The maximum atomic E-state index is 12.3. The molecule has 1 saturated heterocycles. The maximum Gasteiger partial charge on any atom is 0.317 e. The number of urea groups is 1. The second-order valence-corrected chi connectivity index (χ2v) is 7.53. The summed E-state index contributed by atoms with van der Waals surface area (Å²) in [7, 11) is 0. The summed E-state index contributed by atoms with van der Waals surface area (Å²) in [6, 6.07) is 8.06. The molecule has 158 valence electrons. The average molecular weight is 409 g/mol. The third-order valence-corrected chi connectivity index (χ3v) is 5.22. The van der Waals surface area contributed by atoms with Gasteiger partial charge in [-0.05, 0) is 13.3 Å². The van der Waals surface area contributed by atoms with Gasteiger partial charge in [0.1, 0.15) is 0 Å². The molecule has 4 rings (SSSR count). The SMILES string of the molecule is Cc1ccc(-c2noc(CN3CCN(C(=O)NCCCn4ccnc4)CC3)n2)cc1. The van der Waals surface area contributed by atoms with Crippen LogP contribution in [0.2, 0.25) is 0 Å². The fourth-order valence-electron chi connectivity index (χ4n) is 3.43. The van der Waals surface area contributed by atoms with E-state index in [-0.39, 0.29) is 6.03 Å². The van der Waals surface area contributed by atoms with E-state index in [9.17, 15) is 4.79 Å². The highest BCUT2D eigenvalue weighted by molar-refractivity contribution is 5.74. The average Bonchev–Trinajstić information content (AvgIpc) is 3.44. The van der Waals surface area contributed by atoms with Gasteiger partial charge in [0.25, 0.3) is 0 Å². The quantitative estimate of drug-likeness (QED) is 0.601. The van der Waals surface area contributed by atoms with Crippen LogP contribution in [0, 0.1) is 6.92 Å². The molecule has 0 radical (unpaired) electrons. The number of piperazine rings is 1. The molecule has 0 spiro atoms. The van der Waals surface area contributed by atoms with Crippen LogP contribution in [-0.2, 0) is 13.1 Å². The van der Waals surface area contributed by atoms with Gasteiger partial charge in [-0.15, -0.1) is 0 Å². The Labute approximate surface area is 175 Å². The van der Waals surface area contributed by atoms with E-state index in [1.165, 1.54) is 5.56 Å². The van der Waals surface area contributed by atoms with Crippen LogP contribution in [0.5, 0.6) is 0 Å². The van der Waals surface area contributed by atoms with Gasteiger partial charge < -0.3 is 19.3 Å². The van der Waals surface area contributed by atoms with Crippen molar-refractivity contribution in [1.29, 1.82) is 0 Å². The Morgan fingerprint density at radius 3 is 2.70 bits per heavy atom. The lowest BCUT2D eigenvalue weighted by molar-refractivity contribution is 0.126. The highest BCUT2D eigenvalue weighted by Gasteiger charge is 2.22. The standard InChI is InChI=1S/C21H27N7O2/c1-17-3-5-18(6-4-17)20-24-19(30-25-20)15-26-11-13-28(14-12-26)21(29)23-7-2-9-27-10-8-22-16-27/h3-6,8,10,16H,2,7,9,11-15H2,1H3,(H,23,29). The first kappa shape index (κ1) is 20.1. The summed E-state index contributed by atoms with van der Waals surface area (Å²) >= 11 is 0. The minimum absolute atomic E-state index is 0.000251. The number of imidazole rings is 1. The Bertz CT molecular complexity index is 929. The van der Waals surface area contributed by atoms with E-state index in [0.717, 1.165) is 31.6 Å². The number of benzene rings is 1. The van der Waals surface area contributed by atoms with Crippen LogP contribution in [0.15, 0.2) is 47.5 Å². The molecule has 1 aromatic carbocycles. The molecule has 0 unspecified atom stereocenters. The molecule has 3 heterocycles. The topological polar surface area (TPSA) is 92.3 Å². The minimum atomic E-state index is -0.000251. The predicted molar refractivity (Wildman–Crippen MR) is 112 cm³/mol. The van der Waals surface area contributed by atoms with Crippen molar-refractivity contribution in [2.45, 2.75) is 26.4 Å². The van der Waals surface area contributed by atoms with Gasteiger partial charge in [0, 0.05) is 57.2 Å². The lowest BCUT2D eigenvalue weighted by atomic mass is 10.1. The van der Waals surface area contributed by atoms with Gasteiger partial charge in [0.15, 0.2) is 0 Å². The molecule has 1 aliphatic heterocycles. The van der Waals surface area contributed by atoms with Gasteiger partial charge >= 0.3 is 6.03 Å². The lowest BCUT2D eigenvalue weighted by Crippen LogP contribution is -2.51. The predicted octanol–water partition coefficient (Wildman–Crippen LogP) is 2.16. The molecule has 1 fully saturated rings. The van der Waals surface area contributed by atoms with Crippen LogP contribution in [0.1, 0.15) is 17.9 Å². The number of amides is 2. The normalized spacial score (nSPS) is 14.8. The molecule has 9 nitrogen and oxygen atoms in total. The van der Waals surface area contributed by atoms with Crippen molar-refractivity contribution in [3.63, 3.8) is 0 Å². The zero-order chi connectivity index (χ0) is 20.8. The van der Waals surface area contributed by atoms with Gasteiger partial charge in [0.2, 0.25) is 11.7 Å². The Kier molecular flexibility index (Phi) is 6.38. The smallest absolute Gasteiger partial charge is 0.317 e. The van der Waals surface area contributed by atoms with Crippen LogP contribution in [-0.4, -0.2) is 68.2 Å². The molecule has 0 aliphatic carbocycles. The van der Waals surface area contributed by atoms with E-state index in [2.05, 4.69) is 25.3 Å². The first-order chi connectivity index (χ1) is 14.7. The number of carbonyl (C=O) groups is 1. The lowest BCUT2D eigenvalue weighted by Gasteiger charge is -2.33. The molecular weight excluding hydrogens is 382 g/mol. The molecule has 0 saturated carbocycles. The molecule has 1 aliphatic rings. The Morgan fingerprint density at radius 2 is 1.97 bits per heavy atom. The number of aromatic nitrogens is 4. The highest BCUT2D eigenvalue weighted by atomic mass is 16.5. The number of hydrogen-bond acceptors (Lipinski definition) is 6. The van der Waals surface area contributed by atoms with Gasteiger partial charge in [-0.1, -0.05) is 35.0 Å². The Balaban J connectivity index is 1.18. The summed E-state index contributed by atoms with van der Waals surface area (Å²) < 4.78 is 7.43. The molecule has 0 atom stereocenters. The van der Waals surface area contributed by atoms with Crippen molar-refractivity contribution >= 4 is 6.03 Å². The van der Waals surface area contributed by atoms with Crippen molar-refractivity contribution in [3.05, 3.63) is 54.4 Å². The van der Waals surface area contributed by atoms with Crippen molar-refractivity contribution in [2.75, 3.05) is 32.7 Å². The summed E-state index contributed by atoms with van der Waals surface area (Å²) in [6.45, 7) is 7.09. The third-order valence-electron chi connectivity index (χ3n) is 5.22. The van der Waals surface area contributed by atoms with Crippen LogP contribution in [0.4, 0.5) is 4.79 Å². The molecular formula is C21H27N7O2. The molecule has 3 aromatic rings. The van der Waals surface area contributed by atoms with Crippen LogP contribution in [0.25, 0.3) is 11.4 Å². The van der Waals surface area contributed by atoms with E-state index >= 15 is 0 Å². The fourth-order valence-corrected chi connectivity index (χ4v) is 3.43. The summed E-state index contributed by atoms with van der Waals surface area (Å²) in [5, 5.41) is 7.09. The number of aryl methyl sites for hydroxylation is 2. The zero-order valence-corrected chi connectivity index (χ0v) is 17.2. The second kappa shape index (κ2) is 9.53. The highest BCUT2D eigenvalue weighted by Crippen LogP contribution is 2.17. The van der Waals surface area contributed by atoms with Crippen LogP contribution >= 0.6 is 0 Å². The van der Waals surface area contributed by atoms with E-state index in [4.69, 9.17) is 4.52 Å². The molecule has 0 bridgehead atoms. The Morgan fingerprint density at radius 1 is 1.17 bits per heavy atom. The number of nitrogens with one attached hydrogen (secondary N) is 1. The van der Waals surface area contributed by atoms with Crippen molar-refractivity contribution in [2.24, 2.45) is 0 Å². The molecule has 1 N–H and O–H groups in total. The molecule has 30 heavy (non-hydrogen) atoms. The number of hydrogen-bond donors (Lipinski definition) is 1. The number of rotatable bonds is 7. The Hall–Kier alpha value is -3.20. The van der Waals surface area contributed by atoms with Crippen molar-refractivity contribution in [1.82, 2.24) is 34.8 Å². The van der Waals surface area contributed by atoms with Gasteiger partial charge in [0.05, 0.1) is 12.9 Å². The molecule has 9 heteroatoms. The summed E-state index contributed by atoms with van der Waals surface area (Å²) in [6.07, 6.45) is 6.35. The minimum Gasteiger partial charge on any atom is -0.338 e. The summed E-state index contributed by atoms with van der Waals surface area (Å²) in [5.74, 6) is 1.21. The summed E-state index contributed by atoms with van der Waals surface area (Å²) in [4.78, 5) is 25.0. The second-order valence-electron chi connectivity index (χ2n) is 7.53. The summed E-state index contributed by atoms with van der Waals surface area (Å²) in [5.41, 5.74) is 2.15. The molecule has 2 aromatic heterocycles. The van der Waals surface area contributed by atoms with E-state index in [1.54, 1.807) is 12.5 Å².